The predicted octanol–water partition coefficient (Wildman–Crippen LogP) is 2.79. The maximum Gasteiger partial charge on any atom is 0.338 e. The first-order chi connectivity index (χ1) is 16.6. The Kier molecular flexibility index (Phi) is 5.79. The third kappa shape index (κ3) is 4.14. The van der Waals surface area contributed by atoms with E-state index in [0.717, 1.165) is 0 Å². The van der Waals surface area contributed by atoms with Crippen LogP contribution in [0, 0.1) is 0 Å². The van der Waals surface area contributed by atoms with Gasteiger partial charge in [-0.05, 0) is 24.3 Å². The molecule has 3 atom stereocenters. The highest BCUT2D eigenvalue weighted by Crippen LogP contribution is 2.33. The van der Waals surface area contributed by atoms with Gasteiger partial charge in [0.2, 0.25) is 0 Å². The van der Waals surface area contributed by atoms with E-state index in [1.807, 2.05) is 6.07 Å². The number of rotatable bonds is 6. The normalized spacial score (nSPS) is 19.6. The average molecular weight is 457 g/mol. The van der Waals surface area contributed by atoms with E-state index in [4.69, 9.17) is 9.47 Å². The minimum absolute atomic E-state index is 0.225. The predicted molar refractivity (Wildman–Crippen MR) is 120 cm³/mol. The first kappa shape index (κ1) is 21.4. The first-order valence-corrected chi connectivity index (χ1v) is 10.5. The van der Waals surface area contributed by atoms with E-state index in [1.54, 1.807) is 59.2 Å². The van der Waals surface area contributed by atoms with Crippen LogP contribution in [0.5, 0.6) is 0 Å². The fourth-order valence-electron chi connectivity index (χ4n) is 3.77. The van der Waals surface area contributed by atoms with Crippen LogP contribution in [0.4, 0.5) is 5.82 Å². The maximum absolute atomic E-state index is 12.5. The topological polar surface area (TPSA) is 125 Å². The summed E-state index contributed by atoms with van der Waals surface area (Å²) in [6.45, 7) is 0. The summed E-state index contributed by atoms with van der Waals surface area (Å²) in [6.07, 6.45) is 1.28. The Labute approximate surface area is 193 Å². The zero-order chi connectivity index (χ0) is 23.5. The molecule has 0 saturated carbocycles. The monoisotopic (exact) mass is 457 g/mol. The molecule has 1 fully saturated rings. The molecule has 1 N–H and O–H groups in total. The number of anilines is 1. The minimum Gasteiger partial charge on any atom is -0.455 e. The Morgan fingerprint density at radius 3 is 2.41 bits per heavy atom. The summed E-state index contributed by atoms with van der Waals surface area (Å²) in [7, 11) is 0. The van der Waals surface area contributed by atoms with Gasteiger partial charge in [0, 0.05) is 12.0 Å². The van der Waals surface area contributed by atoms with E-state index in [9.17, 15) is 14.4 Å². The number of esters is 1. The molecule has 3 heterocycles. The highest BCUT2D eigenvalue weighted by Gasteiger charge is 2.39. The molecular weight excluding hydrogens is 438 g/mol. The van der Waals surface area contributed by atoms with Crippen LogP contribution in [-0.4, -0.2) is 49.9 Å². The lowest BCUT2D eigenvalue weighted by molar-refractivity contribution is -0.122. The lowest BCUT2D eigenvalue weighted by Crippen LogP contribution is -2.28. The molecule has 10 heteroatoms. The number of imidazole rings is 1. The van der Waals surface area contributed by atoms with Crippen molar-refractivity contribution in [1.82, 2.24) is 19.5 Å². The Bertz CT molecular complexity index is 1340. The van der Waals surface area contributed by atoms with Crippen molar-refractivity contribution in [3.05, 3.63) is 84.4 Å². The Morgan fingerprint density at radius 2 is 1.71 bits per heavy atom. The van der Waals surface area contributed by atoms with Crippen molar-refractivity contribution >= 4 is 35.1 Å². The fraction of sp³-hybridized carbons (Fsp3) is 0.167. The average Bonchev–Trinajstić information content (AvgIpc) is 3.49. The van der Waals surface area contributed by atoms with Gasteiger partial charge in [-0.15, -0.1) is 0 Å². The number of aromatic nitrogens is 4. The van der Waals surface area contributed by atoms with E-state index >= 15 is 0 Å². The highest BCUT2D eigenvalue weighted by molar-refractivity contribution is 6.06. The van der Waals surface area contributed by atoms with Gasteiger partial charge < -0.3 is 19.6 Å². The molecule has 1 amide bonds. The molecule has 5 rings (SSSR count). The molecule has 170 valence electrons. The number of carbonyl (C=O) groups is 3. The summed E-state index contributed by atoms with van der Waals surface area (Å²) < 4.78 is 13.0. The minimum atomic E-state index is -0.936. The lowest BCUT2D eigenvalue weighted by atomic mass is 10.2. The van der Waals surface area contributed by atoms with Crippen LogP contribution >= 0.6 is 0 Å². The molecule has 34 heavy (non-hydrogen) atoms. The molecule has 1 saturated heterocycles. The van der Waals surface area contributed by atoms with Crippen LogP contribution in [0.2, 0.25) is 0 Å². The number of nitrogens with zero attached hydrogens (tertiary/aromatic N) is 4. The summed E-state index contributed by atoms with van der Waals surface area (Å²) in [4.78, 5) is 49.4. The van der Waals surface area contributed by atoms with E-state index < -0.39 is 24.4 Å². The summed E-state index contributed by atoms with van der Waals surface area (Å²) in [5, 5.41) is 2.75. The smallest absolute Gasteiger partial charge is 0.338 e. The van der Waals surface area contributed by atoms with Gasteiger partial charge in [-0.2, -0.15) is 0 Å². The zero-order valence-electron chi connectivity index (χ0n) is 17.8. The fourth-order valence-corrected chi connectivity index (χ4v) is 3.77. The van der Waals surface area contributed by atoms with Gasteiger partial charge in [0.15, 0.2) is 29.4 Å². The Hall–Kier alpha value is -4.44. The van der Waals surface area contributed by atoms with Gasteiger partial charge in [-0.25, -0.2) is 19.7 Å². The lowest BCUT2D eigenvalue weighted by Gasteiger charge is -2.13. The van der Waals surface area contributed by atoms with E-state index in [-0.39, 0.29) is 18.1 Å². The van der Waals surface area contributed by atoms with Crippen LogP contribution in [0.3, 0.4) is 0 Å². The first-order valence-electron chi connectivity index (χ1n) is 10.5. The van der Waals surface area contributed by atoms with Crippen molar-refractivity contribution in [1.29, 1.82) is 0 Å². The van der Waals surface area contributed by atoms with Crippen LogP contribution < -0.4 is 5.32 Å². The second-order valence-corrected chi connectivity index (χ2v) is 7.60. The summed E-state index contributed by atoms with van der Waals surface area (Å²) in [5.74, 6) is -0.624. The molecule has 4 aromatic rings. The SMILES string of the molecule is O=C[C@H]1O[C@@H](n2cnc3c(NC(=O)c4ccccc4)ncnc32)CC1OC(=O)c1ccccc1. The van der Waals surface area contributed by atoms with Crippen LogP contribution in [0.15, 0.2) is 73.3 Å². The molecule has 1 unspecified atom stereocenters. The second-order valence-electron chi connectivity index (χ2n) is 7.60. The summed E-state index contributed by atoms with van der Waals surface area (Å²) in [6, 6.07) is 17.3. The standard InChI is InChI=1S/C24H19N5O5/c30-12-18-17(34-24(32)16-9-5-2-6-10-16)11-19(33-18)29-14-27-20-21(25-13-26-22(20)29)28-23(31)15-7-3-1-4-8-15/h1-10,12-14,17-19H,11H2,(H,25,26,28,31)/t17?,18-,19-/m1/s1. The molecule has 1 aliphatic heterocycles. The highest BCUT2D eigenvalue weighted by atomic mass is 16.6. The van der Waals surface area contributed by atoms with Crippen molar-refractivity contribution in [2.45, 2.75) is 24.9 Å². The molecule has 1 aliphatic rings. The third-order valence-corrected chi connectivity index (χ3v) is 5.45. The second kappa shape index (κ2) is 9.20. The van der Waals surface area contributed by atoms with Crippen molar-refractivity contribution in [3.63, 3.8) is 0 Å². The van der Waals surface area contributed by atoms with Crippen LogP contribution in [0.25, 0.3) is 11.2 Å². The van der Waals surface area contributed by atoms with Crippen LogP contribution in [0.1, 0.15) is 33.4 Å². The zero-order valence-corrected chi connectivity index (χ0v) is 17.8. The van der Waals surface area contributed by atoms with Crippen molar-refractivity contribution in [2.75, 3.05) is 5.32 Å². The number of benzene rings is 2. The summed E-state index contributed by atoms with van der Waals surface area (Å²) >= 11 is 0. The van der Waals surface area contributed by atoms with Gasteiger partial charge in [-0.3, -0.25) is 9.36 Å². The molecule has 10 nitrogen and oxygen atoms in total. The quantitative estimate of drug-likeness (QED) is 0.346. The van der Waals surface area contributed by atoms with E-state index in [0.29, 0.717) is 28.6 Å². The molecule has 2 aromatic carbocycles. The number of fused-ring (bicyclic) bond motifs is 1. The Morgan fingerprint density at radius 1 is 1.00 bits per heavy atom. The number of hydrogen-bond donors (Lipinski definition) is 1. The van der Waals surface area contributed by atoms with Crippen molar-refractivity contribution in [2.24, 2.45) is 0 Å². The largest absolute Gasteiger partial charge is 0.455 e. The molecule has 0 radical (unpaired) electrons. The maximum atomic E-state index is 12.5. The summed E-state index contributed by atoms with van der Waals surface area (Å²) in [5.41, 5.74) is 1.63. The molecular formula is C24H19N5O5. The van der Waals surface area contributed by atoms with Gasteiger partial charge in [-0.1, -0.05) is 36.4 Å². The Balaban J connectivity index is 1.36. The van der Waals surface area contributed by atoms with E-state index in [2.05, 4.69) is 20.3 Å². The number of carbonyl (C=O) groups excluding carboxylic acids is 3. The third-order valence-electron chi connectivity index (χ3n) is 5.45. The van der Waals surface area contributed by atoms with Gasteiger partial charge in [0.1, 0.15) is 18.7 Å². The van der Waals surface area contributed by atoms with Crippen molar-refractivity contribution < 1.29 is 23.9 Å². The van der Waals surface area contributed by atoms with Gasteiger partial charge in [0.25, 0.3) is 5.91 Å². The van der Waals surface area contributed by atoms with Crippen molar-refractivity contribution in [3.8, 4) is 0 Å². The van der Waals surface area contributed by atoms with Gasteiger partial charge in [0.05, 0.1) is 11.9 Å². The molecule has 0 spiro atoms. The number of ether oxygens (including phenoxy) is 2. The van der Waals surface area contributed by atoms with Gasteiger partial charge >= 0.3 is 5.97 Å². The number of aldehydes is 1. The number of amides is 1. The number of nitrogens with one attached hydrogen (secondary N) is 1. The van der Waals surface area contributed by atoms with Crippen LogP contribution in [-0.2, 0) is 14.3 Å². The molecule has 0 aliphatic carbocycles. The molecule has 2 aromatic heterocycles. The molecule has 0 bridgehead atoms. The van der Waals surface area contributed by atoms with E-state index in [1.165, 1.54) is 12.7 Å². The number of hydrogen-bond acceptors (Lipinski definition) is 8.